The summed E-state index contributed by atoms with van der Waals surface area (Å²) in [5.41, 5.74) is 6.79. The predicted molar refractivity (Wildman–Crippen MR) is 53.7 cm³/mol. The van der Waals surface area contributed by atoms with Crippen LogP contribution >= 0.6 is 11.6 Å². The van der Waals surface area contributed by atoms with Crippen molar-refractivity contribution in [2.24, 2.45) is 7.05 Å². The monoisotopic (exact) mass is 209 g/mol. The highest BCUT2D eigenvalue weighted by atomic mass is 35.5. The minimum Gasteiger partial charge on any atom is -0.382 e. The molecule has 2 aromatic rings. The molecule has 2 rings (SSSR count). The lowest BCUT2D eigenvalue weighted by Gasteiger charge is -2.00. The molecule has 0 amide bonds. The van der Waals surface area contributed by atoms with Gasteiger partial charge in [-0.25, -0.2) is 9.97 Å². The van der Waals surface area contributed by atoms with Crippen molar-refractivity contribution in [1.29, 1.82) is 0 Å². The fourth-order valence-electron chi connectivity index (χ4n) is 1.10. The summed E-state index contributed by atoms with van der Waals surface area (Å²) in [5.74, 6) is 0.266. The lowest BCUT2D eigenvalue weighted by Crippen LogP contribution is -1.96. The Morgan fingerprint density at radius 1 is 1.43 bits per heavy atom. The molecule has 0 spiro atoms. The number of nitrogen functional groups attached to an aromatic ring is 1. The van der Waals surface area contributed by atoms with Gasteiger partial charge in [0.05, 0.1) is 0 Å². The lowest BCUT2D eigenvalue weighted by atomic mass is 10.3. The summed E-state index contributed by atoms with van der Waals surface area (Å²) in [7, 11) is 1.82. The maximum absolute atomic E-state index is 5.94. The summed E-state index contributed by atoms with van der Waals surface area (Å²) in [6.45, 7) is 0. The van der Waals surface area contributed by atoms with E-state index < -0.39 is 0 Å². The molecule has 0 aromatic carbocycles. The number of anilines is 1. The van der Waals surface area contributed by atoms with E-state index in [-0.39, 0.29) is 5.82 Å². The van der Waals surface area contributed by atoms with Gasteiger partial charge in [0, 0.05) is 13.2 Å². The van der Waals surface area contributed by atoms with Crippen LogP contribution in [-0.4, -0.2) is 19.7 Å². The second-order valence-electron chi connectivity index (χ2n) is 2.80. The minimum atomic E-state index is 0.266. The smallest absolute Gasteiger partial charge is 0.146 e. The number of nitrogens with zero attached hydrogens (tertiary/aromatic N) is 4. The molecule has 0 saturated carbocycles. The van der Waals surface area contributed by atoms with Gasteiger partial charge in [-0.05, 0) is 6.07 Å². The fourth-order valence-corrected chi connectivity index (χ4v) is 1.30. The van der Waals surface area contributed by atoms with E-state index >= 15 is 0 Å². The summed E-state index contributed by atoms with van der Waals surface area (Å²) in [4.78, 5) is 7.80. The zero-order chi connectivity index (χ0) is 10.1. The van der Waals surface area contributed by atoms with Gasteiger partial charge in [-0.2, -0.15) is 5.10 Å². The first kappa shape index (κ1) is 8.96. The number of hydrogen-bond donors (Lipinski definition) is 1. The molecule has 0 aliphatic carbocycles. The van der Waals surface area contributed by atoms with Crippen molar-refractivity contribution in [3.05, 3.63) is 23.6 Å². The van der Waals surface area contributed by atoms with E-state index in [2.05, 4.69) is 15.1 Å². The number of rotatable bonds is 1. The third kappa shape index (κ3) is 1.42. The molecule has 0 fully saturated rings. The Morgan fingerprint density at radius 3 is 2.86 bits per heavy atom. The molecule has 72 valence electrons. The highest BCUT2D eigenvalue weighted by Gasteiger charge is 2.10. The highest BCUT2D eigenvalue weighted by Crippen LogP contribution is 2.26. The Balaban J connectivity index is 2.57. The Hall–Kier alpha value is -1.62. The van der Waals surface area contributed by atoms with E-state index in [1.165, 1.54) is 6.33 Å². The van der Waals surface area contributed by atoms with Gasteiger partial charge in [0.1, 0.15) is 28.6 Å². The normalized spacial score (nSPS) is 10.4. The highest BCUT2D eigenvalue weighted by molar-refractivity contribution is 6.35. The van der Waals surface area contributed by atoms with E-state index in [1.807, 2.05) is 19.3 Å². The molecule has 6 heteroatoms. The standard InChI is InChI=1S/C8H8ClN5/c1-14-3-2-5(13-14)7-6(9)8(10)12-4-11-7/h2-4H,1H3,(H2,10,11,12). The molecule has 0 radical (unpaired) electrons. The van der Waals surface area contributed by atoms with Gasteiger partial charge in [0.25, 0.3) is 0 Å². The van der Waals surface area contributed by atoms with Gasteiger partial charge in [-0.3, -0.25) is 4.68 Å². The molecule has 0 bridgehead atoms. The van der Waals surface area contributed by atoms with Crippen molar-refractivity contribution in [2.45, 2.75) is 0 Å². The average molecular weight is 210 g/mol. The average Bonchev–Trinajstić information content (AvgIpc) is 2.57. The summed E-state index contributed by atoms with van der Waals surface area (Å²) in [5, 5.41) is 4.51. The Labute approximate surface area is 85.5 Å². The summed E-state index contributed by atoms with van der Waals surface area (Å²) in [6, 6.07) is 1.81. The summed E-state index contributed by atoms with van der Waals surface area (Å²) in [6.07, 6.45) is 3.18. The molecule has 0 unspecified atom stereocenters. The van der Waals surface area contributed by atoms with Crippen LogP contribution in [0.1, 0.15) is 0 Å². The number of halogens is 1. The molecule has 2 heterocycles. The number of aryl methyl sites for hydroxylation is 1. The molecule has 0 aliphatic heterocycles. The van der Waals surface area contributed by atoms with Crippen molar-refractivity contribution in [3.8, 4) is 11.4 Å². The Bertz CT molecular complexity index is 465. The van der Waals surface area contributed by atoms with Crippen LogP contribution in [0.4, 0.5) is 5.82 Å². The molecular formula is C8H8ClN5. The first-order chi connectivity index (χ1) is 6.68. The molecule has 14 heavy (non-hydrogen) atoms. The van der Waals surface area contributed by atoms with Crippen LogP contribution in [-0.2, 0) is 7.05 Å². The largest absolute Gasteiger partial charge is 0.382 e. The Kier molecular flexibility index (Phi) is 2.09. The first-order valence-electron chi connectivity index (χ1n) is 3.94. The van der Waals surface area contributed by atoms with Crippen molar-refractivity contribution in [2.75, 3.05) is 5.73 Å². The van der Waals surface area contributed by atoms with Gasteiger partial charge in [0.15, 0.2) is 0 Å². The number of aromatic nitrogens is 4. The molecule has 0 aliphatic rings. The SMILES string of the molecule is Cn1ccc(-c2ncnc(N)c2Cl)n1. The molecular weight excluding hydrogens is 202 g/mol. The van der Waals surface area contributed by atoms with Crippen LogP contribution in [0, 0.1) is 0 Å². The third-order valence-corrected chi connectivity index (χ3v) is 2.15. The quantitative estimate of drug-likeness (QED) is 0.764. The van der Waals surface area contributed by atoms with Crippen LogP contribution in [0.2, 0.25) is 5.02 Å². The second kappa shape index (κ2) is 3.26. The van der Waals surface area contributed by atoms with E-state index in [9.17, 15) is 0 Å². The first-order valence-corrected chi connectivity index (χ1v) is 4.32. The zero-order valence-electron chi connectivity index (χ0n) is 7.48. The molecule has 5 nitrogen and oxygen atoms in total. The van der Waals surface area contributed by atoms with Crippen LogP contribution in [0.3, 0.4) is 0 Å². The lowest BCUT2D eigenvalue weighted by molar-refractivity contribution is 0.770. The van der Waals surface area contributed by atoms with E-state index in [1.54, 1.807) is 4.68 Å². The third-order valence-electron chi connectivity index (χ3n) is 1.77. The van der Waals surface area contributed by atoms with Gasteiger partial charge >= 0.3 is 0 Å². The van der Waals surface area contributed by atoms with Crippen LogP contribution in [0.5, 0.6) is 0 Å². The van der Waals surface area contributed by atoms with Crippen LogP contribution in [0.15, 0.2) is 18.6 Å². The van der Waals surface area contributed by atoms with Crippen molar-refractivity contribution >= 4 is 17.4 Å². The number of nitrogens with two attached hydrogens (primary N) is 1. The van der Waals surface area contributed by atoms with Crippen molar-refractivity contribution in [1.82, 2.24) is 19.7 Å². The topological polar surface area (TPSA) is 69.6 Å². The van der Waals surface area contributed by atoms with E-state index in [4.69, 9.17) is 17.3 Å². The van der Waals surface area contributed by atoms with Crippen molar-refractivity contribution in [3.63, 3.8) is 0 Å². The molecule has 0 saturated heterocycles. The maximum atomic E-state index is 5.94. The molecule has 2 aromatic heterocycles. The zero-order valence-corrected chi connectivity index (χ0v) is 8.23. The van der Waals surface area contributed by atoms with Crippen molar-refractivity contribution < 1.29 is 0 Å². The molecule has 0 atom stereocenters. The number of hydrogen-bond acceptors (Lipinski definition) is 4. The second-order valence-corrected chi connectivity index (χ2v) is 3.17. The van der Waals surface area contributed by atoms with Gasteiger partial charge in [-0.15, -0.1) is 0 Å². The van der Waals surface area contributed by atoms with Gasteiger partial charge in [-0.1, -0.05) is 11.6 Å². The maximum Gasteiger partial charge on any atom is 0.146 e. The fraction of sp³-hybridized carbons (Fsp3) is 0.125. The van der Waals surface area contributed by atoms with Crippen LogP contribution < -0.4 is 5.73 Å². The van der Waals surface area contributed by atoms with E-state index in [0.717, 1.165) is 0 Å². The van der Waals surface area contributed by atoms with Gasteiger partial charge < -0.3 is 5.73 Å². The summed E-state index contributed by atoms with van der Waals surface area (Å²) < 4.78 is 1.67. The van der Waals surface area contributed by atoms with Crippen LogP contribution in [0.25, 0.3) is 11.4 Å². The molecule has 2 N–H and O–H groups in total. The Morgan fingerprint density at radius 2 is 2.21 bits per heavy atom. The predicted octanol–water partition coefficient (Wildman–Crippen LogP) is 1.11. The van der Waals surface area contributed by atoms with E-state index in [0.29, 0.717) is 16.4 Å². The minimum absolute atomic E-state index is 0.266. The summed E-state index contributed by atoms with van der Waals surface area (Å²) >= 11 is 5.94. The van der Waals surface area contributed by atoms with Gasteiger partial charge in [0.2, 0.25) is 0 Å².